The van der Waals surface area contributed by atoms with E-state index in [0.717, 1.165) is 11.1 Å². The fourth-order valence-corrected chi connectivity index (χ4v) is 2.82. The van der Waals surface area contributed by atoms with E-state index in [-0.39, 0.29) is 30.6 Å². The molecule has 0 aliphatic carbocycles. The summed E-state index contributed by atoms with van der Waals surface area (Å²) in [5.74, 6) is -0.370. The van der Waals surface area contributed by atoms with Crippen LogP contribution in [-0.2, 0) is 16.1 Å². The molecule has 0 aromatic heterocycles. The van der Waals surface area contributed by atoms with Crippen LogP contribution in [0.5, 0.6) is 0 Å². The Bertz CT molecular complexity index is 745. The van der Waals surface area contributed by atoms with Crippen molar-refractivity contribution >= 4 is 11.8 Å². The molecule has 0 saturated heterocycles. The van der Waals surface area contributed by atoms with Gasteiger partial charge in [-0.05, 0) is 29.2 Å². The molecular formula is C22H27FN2O2. The van der Waals surface area contributed by atoms with E-state index in [4.69, 9.17) is 0 Å². The average Bonchev–Trinajstić information content (AvgIpc) is 2.67. The van der Waals surface area contributed by atoms with Crippen LogP contribution < -0.4 is 5.32 Å². The SMILES string of the molecule is CCC(=O)N(Cc1ccc(F)cc1)[C@H](C(=O)NCC(C)C)c1ccccc1. The average molecular weight is 370 g/mol. The van der Waals surface area contributed by atoms with Crippen LogP contribution in [0.2, 0.25) is 0 Å². The number of halogens is 1. The molecule has 4 nitrogen and oxygen atoms in total. The van der Waals surface area contributed by atoms with Crippen LogP contribution in [0.15, 0.2) is 54.6 Å². The van der Waals surface area contributed by atoms with Crippen LogP contribution in [0, 0.1) is 11.7 Å². The molecule has 0 saturated carbocycles. The van der Waals surface area contributed by atoms with Gasteiger partial charge in [-0.1, -0.05) is 63.2 Å². The molecule has 0 bridgehead atoms. The van der Waals surface area contributed by atoms with Gasteiger partial charge in [-0.3, -0.25) is 9.59 Å². The number of hydrogen-bond donors (Lipinski definition) is 1. The van der Waals surface area contributed by atoms with Gasteiger partial charge in [0.25, 0.3) is 0 Å². The van der Waals surface area contributed by atoms with Gasteiger partial charge in [-0.25, -0.2) is 4.39 Å². The van der Waals surface area contributed by atoms with Crippen molar-refractivity contribution in [2.75, 3.05) is 6.54 Å². The van der Waals surface area contributed by atoms with E-state index < -0.39 is 6.04 Å². The highest BCUT2D eigenvalue weighted by molar-refractivity contribution is 5.88. The Kier molecular flexibility index (Phi) is 7.53. The Labute approximate surface area is 160 Å². The predicted octanol–water partition coefficient (Wildman–Crippen LogP) is 4.08. The number of rotatable bonds is 8. The number of amides is 2. The lowest BCUT2D eigenvalue weighted by atomic mass is 10.0. The molecule has 5 heteroatoms. The summed E-state index contributed by atoms with van der Waals surface area (Å²) in [5.41, 5.74) is 1.53. The van der Waals surface area contributed by atoms with Crippen LogP contribution in [0.25, 0.3) is 0 Å². The fraction of sp³-hybridized carbons (Fsp3) is 0.364. The summed E-state index contributed by atoms with van der Waals surface area (Å²) in [6, 6.07) is 14.5. The highest BCUT2D eigenvalue weighted by Gasteiger charge is 2.30. The van der Waals surface area contributed by atoms with Gasteiger partial charge in [0.05, 0.1) is 0 Å². The van der Waals surface area contributed by atoms with Crippen molar-refractivity contribution in [3.05, 3.63) is 71.5 Å². The van der Waals surface area contributed by atoms with Crippen molar-refractivity contribution in [1.29, 1.82) is 0 Å². The van der Waals surface area contributed by atoms with Crippen LogP contribution in [-0.4, -0.2) is 23.3 Å². The minimum atomic E-state index is -0.734. The number of hydrogen-bond acceptors (Lipinski definition) is 2. The summed E-state index contributed by atoms with van der Waals surface area (Å²) < 4.78 is 13.2. The highest BCUT2D eigenvalue weighted by Crippen LogP contribution is 2.24. The molecule has 2 amide bonds. The minimum absolute atomic E-state index is 0.132. The first kappa shape index (κ1) is 20.6. The second kappa shape index (κ2) is 9.86. The quantitative estimate of drug-likeness (QED) is 0.761. The van der Waals surface area contributed by atoms with E-state index in [1.54, 1.807) is 24.0 Å². The van der Waals surface area contributed by atoms with Crippen LogP contribution in [0.4, 0.5) is 4.39 Å². The van der Waals surface area contributed by atoms with Gasteiger partial charge in [0.15, 0.2) is 0 Å². The summed E-state index contributed by atoms with van der Waals surface area (Å²) in [7, 11) is 0. The smallest absolute Gasteiger partial charge is 0.247 e. The second-order valence-electron chi connectivity index (χ2n) is 6.95. The Morgan fingerprint density at radius 2 is 1.67 bits per heavy atom. The molecule has 0 radical (unpaired) electrons. The molecule has 0 spiro atoms. The third kappa shape index (κ3) is 5.91. The Morgan fingerprint density at radius 3 is 2.22 bits per heavy atom. The van der Waals surface area contributed by atoms with E-state index in [1.165, 1.54) is 12.1 Å². The summed E-state index contributed by atoms with van der Waals surface area (Å²) in [5, 5.41) is 2.94. The molecule has 27 heavy (non-hydrogen) atoms. The first-order chi connectivity index (χ1) is 12.9. The summed E-state index contributed by atoms with van der Waals surface area (Å²) in [4.78, 5) is 27.3. The molecule has 2 rings (SSSR count). The molecule has 144 valence electrons. The van der Waals surface area contributed by atoms with E-state index in [2.05, 4.69) is 5.32 Å². The lowest BCUT2D eigenvalue weighted by molar-refractivity contribution is -0.141. The van der Waals surface area contributed by atoms with Gasteiger partial charge in [0.2, 0.25) is 11.8 Å². The summed E-state index contributed by atoms with van der Waals surface area (Å²) in [6.45, 7) is 6.58. The number of carbonyl (C=O) groups is 2. The van der Waals surface area contributed by atoms with Crippen molar-refractivity contribution in [3.63, 3.8) is 0 Å². The number of nitrogens with one attached hydrogen (secondary N) is 1. The van der Waals surface area contributed by atoms with Crippen molar-refractivity contribution < 1.29 is 14.0 Å². The summed E-state index contributed by atoms with van der Waals surface area (Å²) >= 11 is 0. The van der Waals surface area contributed by atoms with Gasteiger partial charge in [-0.15, -0.1) is 0 Å². The Hall–Kier alpha value is -2.69. The van der Waals surface area contributed by atoms with Gasteiger partial charge >= 0.3 is 0 Å². The number of nitrogens with zero attached hydrogens (tertiary/aromatic N) is 1. The van der Waals surface area contributed by atoms with Crippen LogP contribution in [0.1, 0.15) is 44.4 Å². The first-order valence-electron chi connectivity index (χ1n) is 9.29. The molecule has 0 heterocycles. The summed E-state index contributed by atoms with van der Waals surface area (Å²) in [6.07, 6.45) is 0.280. The molecule has 1 N–H and O–H groups in total. The van der Waals surface area contributed by atoms with Gasteiger partial charge in [-0.2, -0.15) is 0 Å². The maximum atomic E-state index is 13.2. The Morgan fingerprint density at radius 1 is 1.04 bits per heavy atom. The number of benzene rings is 2. The van der Waals surface area contributed by atoms with Crippen molar-refractivity contribution in [2.24, 2.45) is 5.92 Å². The third-order valence-electron chi connectivity index (χ3n) is 4.25. The van der Waals surface area contributed by atoms with Crippen molar-refractivity contribution in [1.82, 2.24) is 10.2 Å². The molecule has 0 aliphatic heterocycles. The molecular weight excluding hydrogens is 343 g/mol. The lowest BCUT2D eigenvalue weighted by Crippen LogP contribution is -2.44. The zero-order valence-electron chi connectivity index (χ0n) is 16.1. The van der Waals surface area contributed by atoms with E-state index in [1.807, 2.05) is 44.2 Å². The zero-order valence-corrected chi connectivity index (χ0v) is 16.1. The number of carbonyl (C=O) groups excluding carboxylic acids is 2. The van der Waals surface area contributed by atoms with Crippen LogP contribution >= 0.6 is 0 Å². The van der Waals surface area contributed by atoms with Gasteiger partial charge in [0.1, 0.15) is 11.9 Å². The molecule has 2 aromatic rings. The van der Waals surface area contributed by atoms with E-state index in [9.17, 15) is 14.0 Å². The molecule has 2 aromatic carbocycles. The maximum absolute atomic E-state index is 13.2. The minimum Gasteiger partial charge on any atom is -0.354 e. The zero-order chi connectivity index (χ0) is 19.8. The molecule has 0 aliphatic rings. The third-order valence-corrected chi connectivity index (χ3v) is 4.25. The first-order valence-corrected chi connectivity index (χ1v) is 9.29. The van der Waals surface area contributed by atoms with E-state index in [0.29, 0.717) is 12.5 Å². The molecule has 0 fully saturated rings. The van der Waals surface area contributed by atoms with Crippen molar-refractivity contribution in [2.45, 2.75) is 39.8 Å². The van der Waals surface area contributed by atoms with Gasteiger partial charge < -0.3 is 10.2 Å². The standard InChI is InChI=1S/C22H27FN2O2/c1-4-20(26)25(15-17-10-12-19(23)13-11-17)21(18-8-6-5-7-9-18)22(27)24-14-16(2)3/h5-13,16,21H,4,14-15H2,1-3H3,(H,24,27)/t21-/m0/s1. The van der Waals surface area contributed by atoms with Gasteiger partial charge in [0, 0.05) is 19.5 Å². The molecule has 1 atom stereocenters. The monoisotopic (exact) mass is 370 g/mol. The van der Waals surface area contributed by atoms with Crippen molar-refractivity contribution in [3.8, 4) is 0 Å². The normalized spacial score (nSPS) is 11.9. The largest absolute Gasteiger partial charge is 0.354 e. The van der Waals surface area contributed by atoms with E-state index >= 15 is 0 Å². The fourth-order valence-electron chi connectivity index (χ4n) is 2.82. The predicted molar refractivity (Wildman–Crippen MR) is 104 cm³/mol. The van der Waals surface area contributed by atoms with Crippen LogP contribution in [0.3, 0.4) is 0 Å². The second-order valence-corrected chi connectivity index (χ2v) is 6.95. The lowest BCUT2D eigenvalue weighted by Gasteiger charge is -2.31. The topological polar surface area (TPSA) is 49.4 Å². The maximum Gasteiger partial charge on any atom is 0.247 e. The Balaban J connectivity index is 2.37. The highest BCUT2D eigenvalue weighted by atomic mass is 19.1. The molecule has 0 unspecified atom stereocenters.